The first-order valence-electron chi connectivity index (χ1n) is 6.58. The Kier molecular flexibility index (Phi) is 7.31. The van der Waals surface area contributed by atoms with Crippen LogP contribution in [0.5, 0.6) is 0 Å². The molecule has 0 spiro atoms. The molecule has 0 aliphatic rings. The molecule has 86 valence electrons. The Morgan fingerprint density at radius 1 is 0.929 bits per heavy atom. The molecule has 0 fully saturated rings. The Balaban J connectivity index is 4.03. The maximum atomic E-state index is 2.46. The van der Waals surface area contributed by atoms with Crippen molar-refractivity contribution in [2.75, 3.05) is 0 Å². The first-order chi connectivity index (χ1) is 6.58. The van der Waals surface area contributed by atoms with Gasteiger partial charge in [0.05, 0.1) is 0 Å². The summed E-state index contributed by atoms with van der Waals surface area (Å²) < 4.78 is 0. The minimum Gasteiger partial charge on any atom is -0.0654 e. The van der Waals surface area contributed by atoms with Gasteiger partial charge in [-0.15, -0.1) is 0 Å². The van der Waals surface area contributed by atoms with E-state index in [1.165, 1.54) is 44.9 Å². The second kappa shape index (κ2) is 7.31. The van der Waals surface area contributed by atoms with Gasteiger partial charge in [0, 0.05) is 0 Å². The summed E-state index contributed by atoms with van der Waals surface area (Å²) in [6.07, 6.45) is 9.70. The quantitative estimate of drug-likeness (QED) is 0.488. The Morgan fingerprint density at radius 2 is 1.50 bits per heavy atom. The van der Waals surface area contributed by atoms with Crippen molar-refractivity contribution >= 4 is 0 Å². The molecule has 0 aliphatic heterocycles. The normalized spacial score (nSPS) is 14.4. The molecule has 1 unspecified atom stereocenters. The molecule has 0 rings (SSSR count). The van der Waals surface area contributed by atoms with Gasteiger partial charge < -0.3 is 0 Å². The van der Waals surface area contributed by atoms with Gasteiger partial charge in [-0.3, -0.25) is 0 Å². The van der Waals surface area contributed by atoms with Crippen molar-refractivity contribution in [2.45, 2.75) is 79.6 Å². The van der Waals surface area contributed by atoms with Crippen LogP contribution in [0.2, 0.25) is 0 Å². The lowest BCUT2D eigenvalue weighted by molar-refractivity contribution is 0.169. The lowest BCUT2D eigenvalue weighted by Gasteiger charge is -2.34. The van der Waals surface area contributed by atoms with E-state index in [-0.39, 0.29) is 0 Å². The highest BCUT2D eigenvalue weighted by molar-refractivity contribution is 4.77. The molecule has 0 saturated heterocycles. The van der Waals surface area contributed by atoms with Crippen LogP contribution in [0.3, 0.4) is 0 Å². The maximum Gasteiger partial charge on any atom is -0.0326 e. The fourth-order valence-electron chi connectivity index (χ4n) is 2.43. The minimum absolute atomic E-state index is 0.569. The molecule has 14 heavy (non-hydrogen) atoms. The van der Waals surface area contributed by atoms with Crippen LogP contribution in [0.25, 0.3) is 0 Å². The molecule has 0 bridgehead atoms. The summed E-state index contributed by atoms with van der Waals surface area (Å²) in [6.45, 7) is 11.9. The summed E-state index contributed by atoms with van der Waals surface area (Å²) in [5, 5.41) is 0. The standard InChI is InChI=1S/C14H30/c1-6-9-11-13(8-3)14(4,5)12-10-7-2/h13H,6-12H2,1-5H3. The van der Waals surface area contributed by atoms with Crippen molar-refractivity contribution in [3.05, 3.63) is 0 Å². The molecule has 0 amide bonds. The van der Waals surface area contributed by atoms with Crippen LogP contribution in [0.4, 0.5) is 0 Å². The minimum atomic E-state index is 0.569. The average molecular weight is 198 g/mol. The van der Waals surface area contributed by atoms with E-state index in [0.717, 1.165) is 5.92 Å². The summed E-state index contributed by atoms with van der Waals surface area (Å²) in [6, 6.07) is 0. The lowest BCUT2D eigenvalue weighted by atomic mass is 9.72. The zero-order chi connectivity index (χ0) is 11.0. The predicted octanol–water partition coefficient (Wildman–Crippen LogP) is 5.42. The zero-order valence-electron chi connectivity index (χ0n) is 11.0. The largest absolute Gasteiger partial charge is 0.0654 e. The van der Waals surface area contributed by atoms with Gasteiger partial charge in [0.15, 0.2) is 0 Å². The highest BCUT2D eigenvalue weighted by Crippen LogP contribution is 2.37. The SMILES string of the molecule is CCCCC(CC)C(C)(C)CCCC. The Morgan fingerprint density at radius 3 is 1.93 bits per heavy atom. The van der Waals surface area contributed by atoms with E-state index in [1.54, 1.807) is 0 Å². The van der Waals surface area contributed by atoms with Crippen molar-refractivity contribution in [1.29, 1.82) is 0 Å². The van der Waals surface area contributed by atoms with Crippen LogP contribution in [-0.2, 0) is 0 Å². The molecule has 0 aliphatic carbocycles. The fourth-order valence-corrected chi connectivity index (χ4v) is 2.43. The van der Waals surface area contributed by atoms with E-state index in [0.29, 0.717) is 5.41 Å². The molecule has 1 atom stereocenters. The molecule has 0 aromatic carbocycles. The summed E-state index contributed by atoms with van der Waals surface area (Å²) in [5.74, 6) is 0.939. The van der Waals surface area contributed by atoms with Crippen molar-refractivity contribution in [3.63, 3.8) is 0 Å². The number of hydrogen-bond acceptors (Lipinski definition) is 0. The monoisotopic (exact) mass is 198 g/mol. The molecule has 0 nitrogen and oxygen atoms in total. The lowest BCUT2D eigenvalue weighted by Crippen LogP contribution is -2.23. The highest BCUT2D eigenvalue weighted by Gasteiger charge is 2.26. The Hall–Kier alpha value is 0. The molecule has 0 heterocycles. The third-order valence-corrected chi connectivity index (χ3v) is 3.68. The van der Waals surface area contributed by atoms with E-state index in [9.17, 15) is 0 Å². The van der Waals surface area contributed by atoms with E-state index >= 15 is 0 Å². The van der Waals surface area contributed by atoms with E-state index in [1.807, 2.05) is 0 Å². The Labute approximate surface area is 91.5 Å². The first kappa shape index (κ1) is 14.0. The summed E-state index contributed by atoms with van der Waals surface area (Å²) >= 11 is 0. The van der Waals surface area contributed by atoms with Crippen molar-refractivity contribution in [1.82, 2.24) is 0 Å². The molecular weight excluding hydrogens is 168 g/mol. The zero-order valence-corrected chi connectivity index (χ0v) is 11.0. The second-order valence-electron chi connectivity index (χ2n) is 5.34. The van der Waals surface area contributed by atoms with Gasteiger partial charge in [-0.05, 0) is 24.2 Å². The first-order valence-corrected chi connectivity index (χ1v) is 6.58. The van der Waals surface area contributed by atoms with Crippen molar-refractivity contribution in [2.24, 2.45) is 11.3 Å². The maximum absolute atomic E-state index is 2.46. The predicted molar refractivity (Wildman–Crippen MR) is 66.6 cm³/mol. The van der Waals surface area contributed by atoms with E-state index in [4.69, 9.17) is 0 Å². The smallest absolute Gasteiger partial charge is 0.0326 e. The van der Waals surface area contributed by atoms with E-state index < -0.39 is 0 Å². The summed E-state index contributed by atoms with van der Waals surface area (Å²) in [5.41, 5.74) is 0.569. The summed E-state index contributed by atoms with van der Waals surface area (Å²) in [7, 11) is 0. The topological polar surface area (TPSA) is 0 Å². The second-order valence-corrected chi connectivity index (χ2v) is 5.34. The van der Waals surface area contributed by atoms with Crippen LogP contribution in [-0.4, -0.2) is 0 Å². The molecule has 0 saturated carbocycles. The van der Waals surface area contributed by atoms with Gasteiger partial charge in [0.1, 0.15) is 0 Å². The van der Waals surface area contributed by atoms with Crippen LogP contribution in [0, 0.1) is 11.3 Å². The van der Waals surface area contributed by atoms with Crippen LogP contribution in [0.15, 0.2) is 0 Å². The number of rotatable bonds is 8. The summed E-state index contributed by atoms with van der Waals surface area (Å²) in [4.78, 5) is 0. The number of hydrogen-bond donors (Lipinski definition) is 0. The fraction of sp³-hybridized carbons (Fsp3) is 1.00. The number of unbranched alkanes of at least 4 members (excludes halogenated alkanes) is 2. The molecular formula is C14H30. The Bertz CT molecular complexity index is 124. The average Bonchev–Trinajstić information content (AvgIpc) is 2.16. The molecule has 0 radical (unpaired) electrons. The van der Waals surface area contributed by atoms with Crippen molar-refractivity contribution in [3.8, 4) is 0 Å². The van der Waals surface area contributed by atoms with Gasteiger partial charge in [-0.2, -0.15) is 0 Å². The molecule has 0 N–H and O–H groups in total. The van der Waals surface area contributed by atoms with Gasteiger partial charge in [0.25, 0.3) is 0 Å². The van der Waals surface area contributed by atoms with Crippen LogP contribution < -0.4 is 0 Å². The molecule has 0 heteroatoms. The van der Waals surface area contributed by atoms with Gasteiger partial charge in [0.2, 0.25) is 0 Å². The van der Waals surface area contributed by atoms with Crippen LogP contribution >= 0.6 is 0 Å². The van der Waals surface area contributed by atoms with E-state index in [2.05, 4.69) is 34.6 Å². The molecule has 0 aromatic heterocycles. The highest BCUT2D eigenvalue weighted by atomic mass is 14.3. The van der Waals surface area contributed by atoms with Gasteiger partial charge in [-0.25, -0.2) is 0 Å². The third-order valence-electron chi connectivity index (χ3n) is 3.68. The third kappa shape index (κ3) is 5.02. The van der Waals surface area contributed by atoms with Crippen LogP contribution in [0.1, 0.15) is 79.6 Å². The van der Waals surface area contributed by atoms with Gasteiger partial charge in [-0.1, -0.05) is 66.7 Å². The van der Waals surface area contributed by atoms with Crippen molar-refractivity contribution < 1.29 is 0 Å². The van der Waals surface area contributed by atoms with Gasteiger partial charge >= 0.3 is 0 Å². The molecule has 0 aromatic rings.